The molecular formula is C11H19NO2. The molecule has 3 heteroatoms. The molecule has 14 heavy (non-hydrogen) atoms. The molecule has 1 rings (SSSR count). The van der Waals surface area contributed by atoms with Crippen molar-refractivity contribution in [1.29, 1.82) is 0 Å². The summed E-state index contributed by atoms with van der Waals surface area (Å²) >= 11 is 0. The van der Waals surface area contributed by atoms with E-state index in [0.29, 0.717) is 0 Å². The minimum absolute atomic E-state index is 0.254. The molecular weight excluding hydrogens is 178 g/mol. The third-order valence-electron chi connectivity index (χ3n) is 2.09. The highest BCUT2D eigenvalue weighted by Gasteiger charge is 2.07. The van der Waals surface area contributed by atoms with E-state index in [0.717, 1.165) is 31.3 Å². The molecule has 3 nitrogen and oxygen atoms in total. The number of hydrogen-bond donors (Lipinski definition) is 1. The van der Waals surface area contributed by atoms with Crippen LogP contribution in [0.15, 0.2) is 16.5 Å². The van der Waals surface area contributed by atoms with Crippen molar-refractivity contribution in [2.45, 2.75) is 26.8 Å². The Bertz CT molecular complexity index is 258. The lowest BCUT2D eigenvalue weighted by Crippen LogP contribution is -2.22. The molecule has 0 saturated carbocycles. The van der Waals surface area contributed by atoms with Crippen molar-refractivity contribution in [3.05, 3.63) is 23.7 Å². The molecule has 0 amide bonds. The van der Waals surface area contributed by atoms with Crippen LogP contribution in [-0.2, 0) is 4.74 Å². The van der Waals surface area contributed by atoms with Crippen LogP contribution in [0, 0.1) is 6.92 Å². The van der Waals surface area contributed by atoms with Crippen LogP contribution in [0.3, 0.4) is 0 Å². The lowest BCUT2D eigenvalue weighted by molar-refractivity contribution is 0.146. The normalized spacial score (nSPS) is 13.1. The van der Waals surface area contributed by atoms with Crippen molar-refractivity contribution in [2.24, 2.45) is 0 Å². The number of furan rings is 1. The molecule has 80 valence electrons. The number of rotatable bonds is 6. The van der Waals surface area contributed by atoms with E-state index in [1.54, 1.807) is 0 Å². The maximum atomic E-state index is 5.50. The van der Waals surface area contributed by atoms with Crippen LogP contribution in [0.5, 0.6) is 0 Å². The van der Waals surface area contributed by atoms with Gasteiger partial charge in [0, 0.05) is 13.2 Å². The van der Waals surface area contributed by atoms with Gasteiger partial charge in [0.15, 0.2) is 0 Å². The first-order chi connectivity index (χ1) is 6.74. The zero-order chi connectivity index (χ0) is 10.4. The molecule has 0 radical (unpaired) electrons. The molecule has 0 aliphatic rings. The number of ether oxygens (including phenoxy) is 1. The summed E-state index contributed by atoms with van der Waals surface area (Å²) in [4.78, 5) is 0. The summed E-state index contributed by atoms with van der Waals surface area (Å²) in [6.45, 7) is 8.42. The van der Waals surface area contributed by atoms with E-state index in [2.05, 4.69) is 12.2 Å². The average Bonchev–Trinajstić information content (AvgIpc) is 2.59. The van der Waals surface area contributed by atoms with Crippen LogP contribution in [0.2, 0.25) is 0 Å². The number of aryl methyl sites for hydroxylation is 1. The van der Waals surface area contributed by atoms with Crippen molar-refractivity contribution in [2.75, 3.05) is 19.8 Å². The zero-order valence-electron chi connectivity index (χ0n) is 9.17. The van der Waals surface area contributed by atoms with Crippen LogP contribution < -0.4 is 5.32 Å². The number of nitrogens with one attached hydrogen (secondary N) is 1. The first-order valence-corrected chi connectivity index (χ1v) is 5.11. The van der Waals surface area contributed by atoms with Crippen LogP contribution in [0.4, 0.5) is 0 Å². The lowest BCUT2D eigenvalue weighted by atomic mass is 10.2. The maximum absolute atomic E-state index is 5.50. The smallest absolute Gasteiger partial charge is 0.120 e. The quantitative estimate of drug-likeness (QED) is 0.710. The SMILES string of the molecule is CCOCCN[C@@H](C)c1ccc(C)o1. The van der Waals surface area contributed by atoms with Gasteiger partial charge in [-0.2, -0.15) is 0 Å². The Morgan fingerprint density at radius 1 is 1.50 bits per heavy atom. The largest absolute Gasteiger partial charge is 0.465 e. The van der Waals surface area contributed by atoms with Crippen molar-refractivity contribution < 1.29 is 9.15 Å². The minimum atomic E-state index is 0.254. The van der Waals surface area contributed by atoms with Gasteiger partial charge < -0.3 is 14.5 Å². The summed E-state index contributed by atoms with van der Waals surface area (Å²) in [6, 6.07) is 4.24. The Balaban J connectivity index is 2.25. The number of hydrogen-bond acceptors (Lipinski definition) is 3. The average molecular weight is 197 g/mol. The summed E-state index contributed by atoms with van der Waals surface area (Å²) < 4.78 is 10.7. The van der Waals surface area contributed by atoms with Crippen LogP contribution in [0.1, 0.15) is 31.4 Å². The van der Waals surface area contributed by atoms with Gasteiger partial charge >= 0.3 is 0 Å². The van der Waals surface area contributed by atoms with Crippen LogP contribution >= 0.6 is 0 Å². The lowest BCUT2D eigenvalue weighted by Gasteiger charge is -2.10. The molecule has 1 heterocycles. The van der Waals surface area contributed by atoms with Gasteiger partial charge in [-0.1, -0.05) is 0 Å². The van der Waals surface area contributed by atoms with E-state index >= 15 is 0 Å². The van der Waals surface area contributed by atoms with Crippen molar-refractivity contribution in [3.63, 3.8) is 0 Å². The second-order valence-corrected chi connectivity index (χ2v) is 3.32. The van der Waals surface area contributed by atoms with E-state index in [9.17, 15) is 0 Å². The summed E-state index contributed by atoms with van der Waals surface area (Å²) in [5.74, 6) is 1.94. The molecule has 1 N–H and O–H groups in total. The standard InChI is InChI=1S/C11H19NO2/c1-4-13-8-7-12-10(3)11-6-5-9(2)14-11/h5-6,10,12H,4,7-8H2,1-3H3/t10-/m0/s1. The van der Waals surface area contributed by atoms with Crippen molar-refractivity contribution in [3.8, 4) is 0 Å². The second-order valence-electron chi connectivity index (χ2n) is 3.32. The van der Waals surface area contributed by atoms with Gasteiger partial charge in [0.05, 0.1) is 12.6 Å². The highest BCUT2D eigenvalue weighted by atomic mass is 16.5. The highest BCUT2D eigenvalue weighted by Crippen LogP contribution is 2.14. The van der Waals surface area contributed by atoms with Crippen LogP contribution in [-0.4, -0.2) is 19.8 Å². The Morgan fingerprint density at radius 3 is 2.86 bits per heavy atom. The summed E-state index contributed by atoms with van der Waals surface area (Å²) in [7, 11) is 0. The maximum Gasteiger partial charge on any atom is 0.120 e. The molecule has 0 bridgehead atoms. The van der Waals surface area contributed by atoms with E-state index in [-0.39, 0.29) is 6.04 Å². The van der Waals surface area contributed by atoms with Gasteiger partial charge in [-0.3, -0.25) is 0 Å². The minimum Gasteiger partial charge on any atom is -0.465 e. The molecule has 1 atom stereocenters. The molecule has 0 unspecified atom stereocenters. The Kier molecular flexibility index (Phi) is 4.70. The topological polar surface area (TPSA) is 34.4 Å². The first-order valence-electron chi connectivity index (χ1n) is 5.11. The highest BCUT2D eigenvalue weighted by molar-refractivity contribution is 5.08. The van der Waals surface area contributed by atoms with Gasteiger partial charge in [-0.25, -0.2) is 0 Å². The van der Waals surface area contributed by atoms with Crippen LogP contribution in [0.25, 0.3) is 0 Å². The zero-order valence-corrected chi connectivity index (χ0v) is 9.17. The summed E-state index contributed by atoms with van der Waals surface area (Å²) in [5, 5.41) is 3.33. The molecule has 0 aliphatic heterocycles. The molecule has 0 saturated heterocycles. The molecule has 0 fully saturated rings. The molecule has 1 aromatic heterocycles. The van der Waals surface area contributed by atoms with Crippen molar-refractivity contribution >= 4 is 0 Å². The third-order valence-corrected chi connectivity index (χ3v) is 2.09. The van der Waals surface area contributed by atoms with Gasteiger partial charge in [-0.15, -0.1) is 0 Å². The predicted molar refractivity (Wildman–Crippen MR) is 56.4 cm³/mol. The second kappa shape index (κ2) is 5.83. The molecule has 0 aromatic carbocycles. The van der Waals surface area contributed by atoms with Gasteiger partial charge in [0.1, 0.15) is 11.5 Å². The van der Waals surface area contributed by atoms with Crippen molar-refractivity contribution in [1.82, 2.24) is 5.32 Å². The monoisotopic (exact) mass is 197 g/mol. The fourth-order valence-electron chi connectivity index (χ4n) is 1.28. The Morgan fingerprint density at radius 2 is 2.29 bits per heavy atom. The summed E-state index contributed by atoms with van der Waals surface area (Å²) in [5.41, 5.74) is 0. The molecule has 0 spiro atoms. The molecule has 0 aliphatic carbocycles. The Labute approximate surface area is 85.4 Å². The van der Waals surface area contributed by atoms with E-state index in [1.807, 2.05) is 26.0 Å². The van der Waals surface area contributed by atoms with Gasteiger partial charge in [0.25, 0.3) is 0 Å². The van der Waals surface area contributed by atoms with Gasteiger partial charge in [0.2, 0.25) is 0 Å². The third kappa shape index (κ3) is 3.52. The Hall–Kier alpha value is -0.800. The van der Waals surface area contributed by atoms with E-state index in [1.165, 1.54) is 0 Å². The fraction of sp³-hybridized carbons (Fsp3) is 0.636. The van der Waals surface area contributed by atoms with E-state index in [4.69, 9.17) is 9.15 Å². The summed E-state index contributed by atoms with van der Waals surface area (Å²) in [6.07, 6.45) is 0. The van der Waals surface area contributed by atoms with Gasteiger partial charge in [-0.05, 0) is 32.9 Å². The fourth-order valence-corrected chi connectivity index (χ4v) is 1.28. The molecule has 1 aromatic rings. The van der Waals surface area contributed by atoms with E-state index < -0.39 is 0 Å². The first kappa shape index (κ1) is 11.3. The predicted octanol–water partition coefficient (Wildman–Crippen LogP) is 2.28.